The van der Waals surface area contributed by atoms with Crippen LogP contribution in [-0.2, 0) is 0 Å². The van der Waals surface area contributed by atoms with Crippen molar-refractivity contribution < 1.29 is 8.78 Å². The lowest BCUT2D eigenvalue weighted by Gasteiger charge is -2.22. The van der Waals surface area contributed by atoms with Crippen LogP contribution in [-0.4, -0.2) is 4.98 Å². The van der Waals surface area contributed by atoms with E-state index in [1.54, 1.807) is 12.3 Å². The number of pyridine rings is 1. The molecule has 1 aliphatic rings. The summed E-state index contributed by atoms with van der Waals surface area (Å²) in [5.41, 5.74) is 2.01. The Kier molecular flexibility index (Phi) is 5.60. The number of nitrogens with zero attached hydrogens (tertiary/aromatic N) is 1. The smallest absolute Gasteiger partial charge is 0.159 e. The lowest BCUT2D eigenvalue weighted by molar-refractivity contribution is 0.364. The maximum absolute atomic E-state index is 13.3. The Morgan fingerprint density at radius 3 is 2.48 bits per heavy atom. The van der Waals surface area contributed by atoms with Crippen molar-refractivity contribution in [3.05, 3.63) is 65.9 Å². The summed E-state index contributed by atoms with van der Waals surface area (Å²) in [6.07, 6.45) is 10.8. The van der Waals surface area contributed by atoms with Gasteiger partial charge in [0, 0.05) is 23.2 Å². The van der Waals surface area contributed by atoms with Crippen LogP contribution in [0.15, 0.2) is 48.7 Å². The number of allylic oxidation sites excluding steroid dienone is 2. The fraction of sp³-hybridized carbons (Fsp3) is 0.318. The molecule has 0 aliphatic heterocycles. The predicted octanol–water partition coefficient (Wildman–Crippen LogP) is 5.76. The van der Waals surface area contributed by atoms with Crippen LogP contribution >= 0.6 is 0 Å². The topological polar surface area (TPSA) is 12.9 Å². The van der Waals surface area contributed by atoms with Crippen LogP contribution in [0, 0.1) is 35.3 Å². The third-order valence-electron chi connectivity index (χ3n) is 4.64. The standard InChI is InChI=1S/C22H21F2N/c1-2-3-16-4-6-17(7-5-16)8-9-18-10-13-22(25-15-18)19-11-12-20(23)21(24)14-19/h2-3,10-17H,4-7H2,1H3/b3-2+. The average molecular weight is 337 g/mol. The van der Waals surface area contributed by atoms with E-state index in [-0.39, 0.29) is 0 Å². The number of halogens is 2. The minimum Gasteiger partial charge on any atom is -0.255 e. The van der Waals surface area contributed by atoms with Crippen molar-refractivity contribution in [2.45, 2.75) is 32.6 Å². The van der Waals surface area contributed by atoms with Gasteiger partial charge in [-0.3, -0.25) is 4.98 Å². The SMILES string of the molecule is C/C=C/C1CCC(C#Cc2ccc(-c3ccc(F)c(F)c3)nc2)CC1. The summed E-state index contributed by atoms with van der Waals surface area (Å²) < 4.78 is 26.3. The molecule has 1 fully saturated rings. The molecule has 0 spiro atoms. The largest absolute Gasteiger partial charge is 0.255 e. The fourth-order valence-corrected chi connectivity index (χ4v) is 3.21. The molecule has 0 atom stereocenters. The van der Waals surface area contributed by atoms with Gasteiger partial charge in [-0.1, -0.05) is 24.0 Å². The summed E-state index contributed by atoms with van der Waals surface area (Å²) >= 11 is 0. The maximum atomic E-state index is 13.3. The molecule has 3 heteroatoms. The molecule has 1 nitrogen and oxygen atoms in total. The van der Waals surface area contributed by atoms with Crippen LogP contribution in [0.1, 0.15) is 38.2 Å². The molecule has 0 unspecified atom stereocenters. The van der Waals surface area contributed by atoms with Crippen LogP contribution < -0.4 is 0 Å². The highest BCUT2D eigenvalue weighted by Crippen LogP contribution is 2.29. The van der Waals surface area contributed by atoms with E-state index in [9.17, 15) is 8.78 Å². The zero-order valence-corrected chi connectivity index (χ0v) is 14.3. The zero-order chi connectivity index (χ0) is 17.6. The van der Waals surface area contributed by atoms with E-state index in [1.807, 2.05) is 6.07 Å². The van der Waals surface area contributed by atoms with Gasteiger partial charge in [0.15, 0.2) is 11.6 Å². The van der Waals surface area contributed by atoms with Crippen molar-refractivity contribution in [1.29, 1.82) is 0 Å². The number of aromatic nitrogens is 1. The average Bonchev–Trinajstić information content (AvgIpc) is 2.64. The highest BCUT2D eigenvalue weighted by molar-refractivity contribution is 5.59. The van der Waals surface area contributed by atoms with Crippen molar-refractivity contribution in [3.8, 4) is 23.1 Å². The van der Waals surface area contributed by atoms with Gasteiger partial charge in [-0.25, -0.2) is 8.78 Å². The monoisotopic (exact) mass is 337 g/mol. The summed E-state index contributed by atoms with van der Waals surface area (Å²) in [5, 5.41) is 0. The Labute approximate surface area is 147 Å². The number of hydrogen-bond acceptors (Lipinski definition) is 1. The Morgan fingerprint density at radius 2 is 1.84 bits per heavy atom. The minimum absolute atomic E-state index is 0.451. The Morgan fingerprint density at radius 1 is 1.04 bits per heavy atom. The third kappa shape index (κ3) is 4.54. The molecule has 1 saturated carbocycles. The van der Waals surface area contributed by atoms with Crippen LogP contribution in [0.5, 0.6) is 0 Å². The molecule has 25 heavy (non-hydrogen) atoms. The van der Waals surface area contributed by atoms with Gasteiger partial charge in [-0.05, 0) is 68.9 Å². The second-order valence-corrected chi connectivity index (χ2v) is 6.47. The number of hydrogen-bond donors (Lipinski definition) is 0. The summed E-state index contributed by atoms with van der Waals surface area (Å²) in [6, 6.07) is 7.47. The van der Waals surface area contributed by atoms with Crippen molar-refractivity contribution in [3.63, 3.8) is 0 Å². The van der Waals surface area contributed by atoms with Gasteiger partial charge in [0.1, 0.15) is 0 Å². The summed E-state index contributed by atoms with van der Waals surface area (Å²) in [5.74, 6) is 5.99. The van der Waals surface area contributed by atoms with E-state index in [0.717, 1.165) is 30.5 Å². The third-order valence-corrected chi connectivity index (χ3v) is 4.64. The summed E-state index contributed by atoms with van der Waals surface area (Å²) in [7, 11) is 0. The molecule has 3 rings (SSSR count). The molecule has 2 aromatic rings. The molecule has 0 N–H and O–H groups in total. The van der Waals surface area contributed by atoms with Gasteiger partial charge in [-0.2, -0.15) is 0 Å². The van der Waals surface area contributed by atoms with E-state index in [4.69, 9.17) is 0 Å². The van der Waals surface area contributed by atoms with Crippen molar-refractivity contribution in [2.24, 2.45) is 11.8 Å². The first kappa shape index (κ1) is 17.4. The Hall–Kier alpha value is -2.47. The lowest BCUT2D eigenvalue weighted by Crippen LogP contribution is -2.11. The molecule has 1 aromatic carbocycles. The molecule has 128 valence electrons. The predicted molar refractivity (Wildman–Crippen MR) is 96.7 cm³/mol. The van der Waals surface area contributed by atoms with E-state index in [0.29, 0.717) is 23.1 Å². The van der Waals surface area contributed by atoms with Crippen molar-refractivity contribution in [2.75, 3.05) is 0 Å². The first-order valence-corrected chi connectivity index (χ1v) is 8.71. The molecule has 0 amide bonds. The molecule has 0 radical (unpaired) electrons. The van der Waals surface area contributed by atoms with E-state index in [2.05, 4.69) is 35.9 Å². The molecular weight excluding hydrogens is 316 g/mol. The van der Waals surface area contributed by atoms with E-state index in [1.165, 1.54) is 18.9 Å². The van der Waals surface area contributed by atoms with Gasteiger partial charge in [0.2, 0.25) is 0 Å². The maximum Gasteiger partial charge on any atom is 0.159 e. The zero-order valence-electron chi connectivity index (χ0n) is 14.3. The first-order valence-electron chi connectivity index (χ1n) is 8.71. The first-order chi connectivity index (χ1) is 12.2. The van der Waals surface area contributed by atoms with Gasteiger partial charge in [0.05, 0.1) is 5.69 Å². The quantitative estimate of drug-likeness (QED) is 0.501. The molecule has 0 bridgehead atoms. The van der Waals surface area contributed by atoms with Crippen LogP contribution in [0.2, 0.25) is 0 Å². The Bertz CT molecular complexity index is 804. The normalized spacial score (nSPS) is 20.3. The van der Waals surface area contributed by atoms with E-state index < -0.39 is 11.6 Å². The summed E-state index contributed by atoms with van der Waals surface area (Å²) in [6.45, 7) is 2.07. The van der Waals surface area contributed by atoms with Crippen LogP contribution in [0.3, 0.4) is 0 Å². The Balaban J connectivity index is 1.65. The van der Waals surface area contributed by atoms with Crippen molar-refractivity contribution >= 4 is 0 Å². The highest BCUT2D eigenvalue weighted by Gasteiger charge is 2.17. The molecule has 1 heterocycles. The lowest BCUT2D eigenvalue weighted by atomic mass is 9.82. The fourth-order valence-electron chi connectivity index (χ4n) is 3.21. The molecule has 1 aliphatic carbocycles. The van der Waals surface area contributed by atoms with Gasteiger partial charge < -0.3 is 0 Å². The van der Waals surface area contributed by atoms with Crippen molar-refractivity contribution in [1.82, 2.24) is 4.98 Å². The number of rotatable bonds is 2. The minimum atomic E-state index is -0.864. The van der Waals surface area contributed by atoms with Gasteiger partial charge in [0.25, 0.3) is 0 Å². The molecular formula is C22H21F2N. The van der Waals surface area contributed by atoms with Crippen LogP contribution in [0.25, 0.3) is 11.3 Å². The molecule has 1 aromatic heterocycles. The van der Waals surface area contributed by atoms with Crippen LogP contribution in [0.4, 0.5) is 8.78 Å². The second kappa shape index (κ2) is 8.07. The molecule has 0 saturated heterocycles. The summed E-state index contributed by atoms with van der Waals surface area (Å²) in [4.78, 5) is 4.32. The van der Waals surface area contributed by atoms with Gasteiger partial charge >= 0.3 is 0 Å². The highest BCUT2D eigenvalue weighted by atomic mass is 19.2. The van der Waals surface area contributed by atoms with E-state index >= 15 is 0 Å². The number of benzene rings is 1. The van der Waals surface area contributed by atoms with Gasteiger partial charge in [-0.15, -0.1) is 0 Å². The second-order valence-electron chi connectivity index (χ2n) is 6.47.